The van der Waals surface area contributed by atoms with Gasteiger partial charge < -0.3 is 23.2 Å². The Labute approximate surface area is 563 Å². The fourth-order valence-corrected chi connectivity index (χ4v) is 16.8. The van der Waals surface area contributed by atoms with Gasteiger partial charge in [-0.3, -0.25) is 0 Å². The van der Waals surface area contributed by atoms with E-state index in [1.807, 2.05) is 18.2 Å². The Kier molecular flexibility index (Phi) is 9.41. The first kappa shape index (κ1) is 46.7. The molecule has 0 aliphatic carbocycles. The highest BCUT2D eigenvalue weighted by atomic mass is 15.2. The first-order valence-electron chi connectivity index (χ1n) is 36.3. The lowest BCUT2D eigenvalue weighted by atomic mass is 9.33. The predicted molar refractivity (Wildman–Crippen MR) is 404 cm³/mol. The number of hydrogen-bond acceptors (Lipinski definition) is 3. The lowest BCUT2D eigenvalue weighted by molar-refractivity contribution is 0.590. The van der Waals surface area contributed by atoms with E-state index in [1.54, 1.807) is 4.57 Å². The van der Waals surface area contributed by atoms with Crippen LogP contribution in [0.5, 0.6) is 0 Å². The van der Waals surface area contributed by atoms with Gasteiger partial charge in [-0.2, -0.15) is 5.26 Å². The van der Waals surface area contributed by atoms with Crippen LogP contribution in [-0.2, 0) is 5.41 Å². The summed E-state index contributed by atoms with van der Waals surface area (Å²) in [5, 5.41) is 19.9. The average molecular weight is 1230 g/mol. The zero-order chi connectivity index (χ0) is 69.5. The maximum atomic E-state index is 10.5. The number of nitriles is 1. The van der Waals surface area contributed by atoms with Crippen LogP contribution in [0, 0.1) is 11.3 Å². The molecule has 0 saturated heterocycles. The van der Waals surface area contributed by atoms with Crippen LogP contribution in [-0.4, -0.2) is 20.1 Å². The molecule has 0 spiro atoms. The molecule has 14 aromatic carbocycles. The Hall–Kier alpha value is -12.4. The van der Waals surface area contributed by atoms with E-state index in [0.29, 0.717) is 5.69 Å². The van der Waals surface area contributed by atoms with Crippen molar-refractivity contribution in [1.82, 2.24) is 13.4 Å². The van der Waals surface area contributed by atoms with Crippen molar-refractivity contribution in [3.05, 3.63) is 302 Å². The molecule has 0 amide bonds. The fraction of sp³-hybridized carbons (Fsp3) is 0.0449. The quantitative estimate of drug-likeness (QED) is 0.156. The summed E-state index contributed by atoms with van der Waals surface area (Å²) >= 11 is 0. The van der Waals surface area contributed by atoms with E-state index >= 15 is 0 Å². The van der Waals surface area contributed by atoms with Crippen LogP contribution in [0.15, 0.2) is 291 Å². The minimum atomic E-state index is -0.506. The Balaban J connectivity index is 0.893. The fourth-order valence-electron chi connectivity index (χ4n) is 16.8. The molecule has 2 aliphatic heterocycles. The molecule has 0 radical (unpaired) electrons. The van der Waals surface area contributed by atoms with Gasteiger partial charge >= 0.3 is 0 Å². The molecule has 0 fully saturated rings. The van der Waals surface area contributed by atoms with Gasteiger partial charge in [0.15, 0.2) is 0 Å². The first-order chi connectivity index (χ1) is 50.2. The molecule has 5 aromatic heterocycles. The van der Waals surface area contributed by atoms with Crippen molar-refractivity contribution in [3.63, 3.8) is 0 Å². The molecule has 6 nitrogen and oxygen atoms in total. The second-order valence-electron chi connectivity index (χ2n) is 26.9. The van der Waals surface area contributed by atoms with Crippen molar-refractivity contribution in [1.29, 1.82) is 5.26 Å². The summed E-state index contributed by atoms with van der Waals surface area (Å²) in [6, 6.07) is 89.2. The summed E-state index contributed by atoms with van der Waals surface area (Å²) in [6.45, 7) is 6.38. The summed E-state index contributed by atoms with van der Waals surface area (Å²) in [4.78, 5) is 4.92. The van der Waals surface area contributed by atoms with E-state index < -0.39 is 36.3 Å². The molecule has 0 unspecified atom stereocenters. The minimum Gasteiger partial charge on any atom is -0.311 e. The molecule has 7 heterocycles. The van der Waals surface area contributed by atoms with Crippen LogP contribution in [0.3, 0.4) is 0 Å². The van der Waals surface area contributed by atoms with E-state index in [2.05, 4.69) is 276 Å². The molecule has 0 N–H and O–H groups in total. The van der Waals surface area contributed by atoms with Crippen molar-refractivity contribution in [2.24, 2.45) is 0 Å². The second-order valence-corrected chi connectivity index (χ2v) is 26.9. The Bertz CT molecular complexity index is 6890. The van der Waals surface area contributed by atoms with Gasteiger partial charge in [-0.25, -0.2) is 0 Å². The molecule has 2 aliphatic rings. The number of para-hydroxylation sites is 7. The van der Waals surface area contributed by atoms with Crippen molar-refractivity contribution >= 4 is 155 Å². The number of hydrogen-bond donors (Lipinski definition) is 0. The van der Waals surface area contributed by atoms with Gasteiger partial charge in [0.05, 0.1) is 76.7 Å². The van der Waals surface area contributed by atoms with Crippen molar-refractivity contribution in [3.8, 4) is 45.1 Å². The monoisotopic (exact) mass is 1230 g/mol. The van der Waals surface area contributed by atoms with Crippen LogP contribution < -0.4 is 26.2 Å². The molecule has 0 saturated carbocycles. The smallest absolute Gasteiger partial charge is 0.252 e. The van der Waals surface area contributed by atoms with Gasteiger partial charge in [0.1, 0.15) is 0 Å². The average Bonchev–Trinajstić information content (AvgIpc) is 1.49. The van der Waals surface area contributed by atoms with Gasteiger partial charge in [0.2, 0.25) is 0 Å². The second kappa shape index (κ2) is 19.4. The number of aromatic nitrogens is 3. The molecule has 21 rings (SSSR count). The van der Waals surface area contributed by atoms with Crippen molar-refractivity contribution < 1.29 is 9.60 Å². The lowest BCUT2D eigenvalue weighted by Gasteiger charge is -2.46. The minimum absolute atomic E-state index is 0.00248. The summed E-state index contributed by atoms with van der Waals surface area (Å²) in [5.41, 5.74) is 22.7. The number of benzene rings is 14. The zero-order valence-corrected chi connectivity index (χ0v) is 52.4. The van der Waals surface area contributed by atoms with Gasteiger partial charge in [-0.05, 0) is 165 Å². The molecule has 96 heavy (non-hydrogen) atoms. The Morgan fingerprint density at radius 1 is 0.365 bits per heavy atom. The van der Waals surface area contributed by atoms with E-state index in [0.717, 1.165) is 128 Å². The Morgan fingerprint density at radius 3 is 1.42 bits per heavy atom. The number of rotatable bonds is 6. The lowest BCUT2D eigenvalue weighted by Crippen LogP contribution is -2.61. The van der Waals surface area contributed by atoms with Gasteiger partial charge in [-0.15, -0.1) is 0 Å². The largest absolute Gasteiger partial charge is 0.311 e. The SMILES string of the molecule is [2H]c1c([2H])c([2H])c2c(c1[2H])c1c([2H])c(C#N)c([2H])c([2H])c1n2-c1ccc2c(c1)N(c1ccccc1-c1cc3c4ccccc4n4c5ccccc5c(c1)c34)c1cc(C(C)(C)C)cc3c1B2c1cc(-c2ccccc2)ccc1N3c1ccccc1-c1cc2c3ccccc3n3c4ccccc4c(c1)c23. The van der Waals surface area contributed by atoms with Crippen LogP contribution >= 0.6 is 0 Å². The standard InChI is InChI=1S/C89H57BN6/c1-89(2,3)58-49-84-86-85(50-58)94(75-31-15-8-24-61(75)57-46-70-65-28-12-19-35-79(65)96-80-36-20-13-29-66(80)71(47-57)88(70)96)83-51-59(92-76-32-16-9-25-62(76)67-43-53(52-91)37-41-81(67)92)39-40-72(83)90(86)73-48-55(54-21-5-4-6-22-54)38-42-82(73)93(84)74-30-14-7-23-60(74)56-44-68-63-26-10-17-33-77(63)95-78-34-18-11-27-64(78)69(45-56)87(68)95/h4-51H,1-3H3/i9D,16D,25D,32D,37D,41D,43D. The van der Waals surface area contributed by atoms with Gasteiger partial charge in [0.25, 0.3) is 6.71 Å². The van der Waals surface area contributed by atoms with E-state index in [1.165, 1.54) is 38.1 Å². The van der Waals surface area contributed by atoms with E-state index in [-0.39, 0.29) is 45.5 Å². The summed E-state index contributed by atoms with van der Waals surface area (Å²) in [5.74, 6) is 0. The molecular formula is C89H57BN6. The van der Waals surface area contributed by atoms with Crippen molar-refractivity contribution in [2.75, 3.05) is 9.80 Å². The van der Waals surface area contributed by atoms with Crippen LogP contribution in [0.25, 0.3) is 137 Å². The maximum Gasteiger partial charge on any atom is 0.252 e. The molecule has 7 heteroatoms. The van der Waals surface area contributed by atoms with Crippen molar-refractivity contribution in [2.45, 2.75) is 26.2 Å². The van der Waals surface area contributed by atoms with E-state index in [9.17, 15) is 13.5 Å². The van der Waals surface area contributed by atoms with Crippen LogP contribution in [0.1, 0.15) is 41.5 Å². The number of fused-ring (bicyclic) bond motifs is 19. The molecule has 0 bridgehead atoms. The third kappa shape index (κ3) is 7.19. The first-order valence-corrected chi connectivity index (χ1v) is 32.8. The maximum absolute atomic E-state index is 10.5. The number of anilines is 6. The van der Waals surface area contributed by atoms with Gasteiger partial charge in [0, 0.05) is 93.4 Å². The molecule has 19 aromatic rings. The normalized spacial score (nSPS) is 14.1. The highest BCUT2D eigenvalue weighted by Gasteiger charge is 2.45. The topological polar surface area (TPSA) is 44.0 Å². The summed E-state index contributed by atoms with van der Waals surface area (Å²) in [6.07, 6.45) is 0. The summed E-state index contributed by atoms with van der Waals surface area (Å²) in [7, 11) is 0. The van der Waals surface area contributed by atoms with Crippen LogP contribution in [0.2, 0.25) is 0 Å². The molecule has 0 atom stereocenters. The highest BCUT2D eigenvalue weighted by Crippen LogP contribution is 2.53. The third-order valence-electron chi connectivity index (χ3n) is 20.9. The Morgan fingerprint density at radius 2 is 0.865 bits per heavy atom. The molecular weight excluding hydrogens is 1160 g/mol. The van der Waals surface area contributed by atoms with E-state index in [4.69, 9.17) is 1.37 Å². The molecule has 446 valence electrons. The van der Waals surface area contributed by atoms with Gasteiger partial charge in [-0.1, -0.05) is 197 Å². The highest BCUT2D eigenvalue weighted by molar-refractivity contribution is 7.00. The number of nitrogens with zero attached hydrogens (tertiary/aromatic N) is 6. The zero-order valence-electron chi connectivity index (χ0n) is 59.4. The predicted octanol–water partition coefficient (Wildman–Crippen LogP) is 21.3. The summed E-state index contributed by atoms with van der Waals surface area (Å²) < 4.78 is 72.7. The van der Waals surface area contributed by atoms with Crippen LogP contribution in [0.4, 0.5) is 34.1 Å². The third-order valence-corrected chi connectivity index (χ3v) is 20.9.